The number of hydrogen-bond donors (Lipinski definition) is 2. The molecule has 0 spiro atoms. The van der Waals surface area contributed by atoms with Crippen molar-refractivity contribution < 1.29 is 4.79 Å². The lowest BCUT2D eigenvalue weighted by Crippen LogP contribution is -2.61. The Balaban J connectivity index is 2.14. The molecule has 98 valence electrons. The van der Waals surface area contributed by atoms with Gasteiger partial charge in [0.1, 0.15) is 0 Å². The van der Waals surface area contributed by atoms with Gasteiger partial charge in [0.15, 0.2) is 0 Å². The van der Waals surface area contributed by atoms with E-state index >= 15 is 0 Å². The first kappa shape index (κ1) is 13.0. The lowest BCUT2D eigenvalue weighted by Gasteiger charge is -2.41. The maximum Gasteiger partial charge on any atom is 0.240 e. The monoisotopic (exact) mass is 248 g/mol. The van der Waals surface area contributed by atoms with E-state index in [0.29, 0.717) is 13.1 Å². The molecule has 0 bridgehead atoms. The van der Waals surface area contributed by atoms with Gasteiger partial charge in [0.2, 0.25) is 5.91 Å². The molecule has 2 heterocycles. The minimum Gasteiger partial charge on any atom is -0.353 e. The number of piperazine rings is 1. The van der Waals surface area contributed by atoms with Crippen LogP contribution in [0.3, 0.4) is 0 Å². The predicted molar refractivity (Wildman–Crippen MR) is 69.6 cm³/mol. The van der Waals surface area contributed by atoms with Gasteiger partial charge in [0, 0.05) is 32.4 Å². The number of nitrogens with zero attached hydrogens (tertiary/aromatic N) is 2. The summed E-state index contributed by atoms with van der Waals surface area (Å²) in [5.41, 5.74) is 7.15. The van der Waals surface area contributed by atoms with Crippen molar-refractivity contribution in [3.05, 3.63) is 29.6 Å². The molecule has 0 atom stereocenters. The standard InChI is InChI=1S/C13H20N4O/c1-13(2)12(18)16-5-6-17(13)9-10-3-4-15-11(7-10)8-14/h3-4,7H,5-6,8-9,14H2,1-2H3,(H,16,18). The van der Waals surface area contributed by atoms with Crippen molar-refractivity contribution in [1.82, 2.24) is 15.2 Å². The van der Waals surface area contributed by atoms with Crippen molar-refractivity contribution in [2.45, 2.75) is 32.5 Å². The predicted octanol–water partition coefficient (Wildman–Crippen LogP) is 0.251. The topological polar surface area (TPSA) is 71.2 Å². The van der Waals surface area contributed by atoms with E-state index in [1.165, 1.54) is 0 Å². The summed E-state index contributed by atoms with van der Waals surface area (Å²) >= 11 is 0. The number of aromatic nitrogens is 1. The molecular formula is C13H20N4O. The van der Waals surface area contributed by atoms with Gasteiger partial charge in [0.25, 0.3) is 0 Å². The molecule has 1 aliphatic rings. The summed E-state index contributed by atoms with van der Waals surface area (Å²) in [7, 11) is 0. The molecule has 1 aliphatic heterocycles. The maximum atomic E-state index is 11.9. The summed E-state index contributed by atoms with van der Waals surface area (Å²) in [6, 6.07) is 3.98. The SMILES string of the molecule is CC1(C)C(=O)NCCN1Cc1ccnc(CN)c1. The number of hydrogen-bond acceptors (Lipinski definition) is 4. The number of amides is 1. The zero-order valence-corrected chi connectivity index (χ0v) is 10.9. The second-order valence-corrected chi connectivity index (χ2v) is 5.10. The van der Waals surface area contributed by atoms with Crippen LogP contribution < -0.4 is 11.1 Å². The average Bonchev–Trinajstić information content (AvgIpc) is 2.36. The third-order valence-electron chi connectivity index (χ3n) is 3.48. The van der Waals surface area contributed by atoms with Crippen LogP contribution in [0.1, 0.15) is 25.1 Å². The van der Waals surface area contributed by atoms with E-state index in [4.69, 9.17) is 5.73 Å². The Kier molecular flexibility index (Phi) is 3.63. The summed E-state index contributed by atoms with van der Waals surface area (Å²) in [6.07, 6.45) is 1.77. The number of nitrogens with two attached hydrogens (primary N) is 1. The Labute approximate surface area is 107 Å². The minimum absolute atomic E-state index is 0.0851. The average molecular weight is 248 g/mol. The lowest BCUT2D eigenvalue weighted by atomic mass is 9.98. The van der Waals surface area contributed by atoms with Crippen LogP contribution in [0.5, 0.6) is 0 Å². The Morgan fingerprint density at radius 3 is 3.06 bits per heavy atom. The van der Waals surface area contributed by atoms with Gasteiger partial charge < -0.3 is 11.1 Å². The fourth-order valence-corrected chi connectivity index (χ4v) is 2.18. The molecule has 3 N–H and O–H groups in total. The third-order valence-corrected chi connectivity index (χ3v) is 3.48. The molecule has 1 aromatic rings. The second-order valence-electron chi connectivity index (χ2n) is 5.10. The van der Waals surface area contributed by atoms with Crippen LogP contribution in [0.2, 0.25) is 0 Å². The minimum atomic E-state index is -0.468. The number of rotatable bonds is 3. The van der Waals surface area contributed by atoms with Gasteiger partial charge in [-0.05, 0) is 31.5 Å². The molecule has 1 aromatic heterocycles. The van der Waals surface area contributed by atoms with Crippen LogP contribution in [-0.4, -0.2) is 34.4 Å². The van der Waals surface area contributed by atoms with Crippen LogP contribution in [0.15, 0.2) is 18.3 Å². The largest absolute Gasteiger partial charge is 0.353 e. The Hall–Kier alpha value is -1.46. The van der Waals surface area contributed by atoms with Gasteiger partial charge in [-0.3, -0.25) is 14.7 Å². The number of carbonyl (C=O) groups excluding carboxylic acids is 1. The highest BCUT2D eigenvalue weighted by Gasteiger charge is 2.37. The van der Waals surface area contributed by atoms with Crippen molar-refractivity contribution in [1.29, 1.82) is 0 Å². The van der Waals surface area contributed by atoms with E-state index in [0.717, 1.165) is 24.3 Å². The molecular weight excluding hydrogens is 228 g/mol. The molecule has 2 rings (SSSR count). The number of nitrogens with one attached hydrogen (secondary N) is 1. The van der Waals surface area contributed by atoms with Crippen LogP contribution in [0.25, 0.3) is 0 Å². The molecule has 5 nitrogen and oxygen atoms in total. The summed E-state index contributed by atoms with van der Waals surface area (Å²) in [5, 5.41) is 2.90. The highest BCUT2D eigenvalue weighted by molar-refractivity contribution is 5.86. The fourth-order valence-electron chi connectivity index (χ4n) is 2.18. The molecule has 0 aromatic carbocycles. The first-order valence-electron chi connectivity index (χ1n) is 6.21. The van der Waals surface area contributed by atoms with E-state index < -0.39 is 5.54 Å². The number of carbonyl (C=O) groups is 1. The quantitative estimate of drug-likeness (QED) is 0.804. The summed E-state index contributed by atoms with van der Waals surface area (Å²) < 4.78 is 0. The van der Waals surface area contributed by atoms with E-state index in [1.807, 2.05) is 26.0 Å². The van der Waals surface area contributed by atoms with E-state index in [2.05, 4.69) is 15.2 Å². The fraction of sp³-hybridized carbons (Fsp3) is 0.538. The molecule has 0 radical (unpaired) electrons. The highest BCUT2D eigenvalue weighted by Crippen LogP contribution is 2.20. The molecule has 1 fully saturated rings. The summed E-state index contributed by atoms with van der Waals surface area (Å²) in [4.78, 5) is 18.2. The molecule has 0 aliphatic carbocycles. The maximum absolute atomic E-state index is 11.9. The second kappa shape index (κ2) is 5.04. The first-order chi connectivity index (χ1) is 8.54. The Morgan fingerprint density at radius 2 is 2.33 bits per heavy atom. The van der Waals surface area contributed by atoms with Crippen molar-refractivity contribution in [3.63, 3.8) is 0 Å². The highest BCUT2D eigenvalue weighted by atomic mass is 16.2. The van der Waals surface area contributed by atoms with Gasteiger partial charge in [-0.25, -0.2) is 0 Å². The molecule has 0 unspecified atom stereocenters. The van der Waals surface area contributed by atoms with Gasteiger partial charge in [-0.2, -0.15) is 0 Å². The van der Waals surface area contributed by atoms with E-state index in [1.54, 1.807) is 6.20 Å². The molecule has 1 saturated heterocycles. The van der Waals surface area contributed by atoms with E-state index in [9.17, 15) is 4.79 Å². The molecule has 18 heavy (non-hydrogen) atoms. The van der Waals surface area contributed by atoms with Crippen LogP contribution in [-0.2, 0) is 17.9 Å². The van der Waals surface area contributed by atoms with Gasteiger partial charge in [-0.1, -0.05) is 0 Å². The lowest BCUT2D eigenvalue weighted by molar-refractivity contribution is -0.135. The molecule has 0 saturated carbocycles. The Bertz CT molecular complexity index is 444. The van der Waals surface area contributed by atoms with E-state index in [-0.39, 0.29) is 5.91 Å². The summed E-state index contributed by atoms with van der Waals surface area (Å²) in [5.74, 6) is 0.0851. The normalized spacial score (nSPS) is 19.6. The molecule has 5 heteroatoms. The van der Waals surface area contributed by atoms with Gasteiger partial charge in [-0.15, -0.1) is 0 Å². The van der Waals surface area contributed by atoms with Crippen molar-refractivity contribution >= 4 is 5.91 Å². The number of pyridine rings is 1. The van der Waals surface area contributed by atoms with Crippen LogP contribution in [0, 0.1) is 0 Å². The zero-order chi connectivity index (χ0) is 13.2. The van der Waals surface area contributed by atoms with Gasteiger partial charge >= 0.3 is 0 Å². The smallest absolute Gasteiger partial charge is 0.240 e. The van der Waals surface area contributed by atoms with Crippen molar-refractivity contribution in [3.8, 4) is 0 Å². The van der Waals surface area contributed by atoms with Crippen LogP contribution in [0.4, 0.5) is 0 Å². The van der Waals surface area contributed by atoms with Gasteiger partial charge in [0.05, 0.1) is 11.2 Å². The first-order valence-corrected chi connectivity index (χ1v) is 6.21. The zero-order valence-electron chi connectivity index (χ0n) is 10.9. The summed E-state index contributed by atoms with van der Waals surface area (Å²) in [6.45, 7) is 6.66. The van der Waals surface area contributed by atoms with Crippen molar-refractivity contribution in [2.75, 3.05) is 13.1 Å². The Morgan fingerprint density at radius 1 is 1.56 bits per heavy atom. The van der Waals surface area contributed by atoms with Crippen molar-refractivity contribution in [2.24, 2.45) is 5.73 Å². The third kappa shape index (κ3) is 2.52. The molecule has 1 amide bonds. The van der Waals surface area contributed by atoms with Crippen LogP contribution >= 0.6 is 0 Å².